The molecule has 0 unspecified atom stereocenters. The van der Waals surface area contributed by atoms with Gasteiger partial charge < -0.3 is 0 Å². The third-order valence-electron chi connectivity index (χ3n) is 1.38. The average Bonchev–Trinajstić information content (AvgIpc) is 2.04. The zero-order valence-corrected chi connectivity index (χ0v) is 6.71. The smallest absolute Gasteiger partial charge is 0.285 e. The fourth-order valence-electron chi connectivity index (χ4n) is 0.846. The van der Waals surface area contributed by atoms with Gasteiger partial charge in [-0.2, -0.15) is 0 Å². The van der Waals surface area contributed by atoms with E-state index in [1.54, 1.807) is 30.3 Å². The molecule has 1 rings (SSSR count). The Labute approximate surface area is 74.1 Å². The molecule has 0 amide bonds. The van der Waals surface area contributed by atoms with Crippen LogP contribution in [0, 0.1) is 6.61 Å². The van der Waals surface area contributed by atoms with Crippen molar-refractivity contribution in [2.24, 2.45) is 0 Å². The van der Waals surface area contributed by atoms with E-state index in [-0.39, 0.29) is 6.42 Å². The molecule has 0 saturated heterocycles. The highest BCUT2D eigenvalue weighted by Gasteiger charge is 2.28. The molecule has 0 aliphatic carbocycles. The second kappa shape index (κ2) is 4.28. The quantitative estimate of drug-likeness (QED) is 0.710. The lowest BCUT2D eigenvalue weighted by Gasteiger charge is -2.05. The van der Waals surface area contributed by atoms with Gasteiger partial charge in [0.2, 0.25) is 0 Å². The molecule has 0 bridgehead atoms. The van der Waals surface area contributed by atoms with Crippen LogP contribution in [0.5, 0.6) is 0 Å². The van der Waals surface area contributed by atoms with E-state index >= 15 is 0 Å². The van der Waals surface area contributed by atoms with Crippen molar-refractivity contribution in [1.82, 2.24) is 0 Å². The molecule has 1 aromatic rings. The van der Waals surface area contributed by atoms with Gasteiger partial charge in [-0.15, -0.1) is 13.2 Å². The molecule has 1 radical (unpaired) electrons. The number of alkyl halides is 3. The molecule has 0 aromatic heterocycles. The predicted octanol–water partition coefficient (Wildman–Crippen LogP) is 2.93. The van der Waals surface area contributed by atoms with Crippen molar-refractivity contribution in [3.8, 4) is 0 Å². The molecule has 0 saturated carbocycles. The third-order valence-corrected chi connectivity index (χ3v) is 1.38. The third kappa shape index (κ3) is 4.52. The molecule has 1 nitrogen and oxygen atoms in total. The van der Waals surface area contributed by atoms with E-state index in [4.69, 9.17) is 0 Å². The maximum atomic E-state index is 11.5. The first kappa shape index (κ1) is 10.1. The molecular weight excluding hydrogens is 181 g/mol. The molecule has 0 fully saturated rings. The molecule has 1 aromatic carbocycles. The van der Waals surface area contributed by atoms with Gasteiger partial charge in [0, 0.05) is 6.42 Å². The van der Waals surface area contributed by atoms with Crippen molar-refractivity contribution in [3.05, 3.63) is 42.5 Å². The minimum atomic E-state index is -4.57. The molecule has 13 heavy (non-hydrogen) atoms. The lowest BCUT2D eigenvalue weighted by atomic mass is 10.2. The zero-order valence-electron chi connectivity index (χ0n) is 6.71. The normalized spacial score (nSPS) is 11.6. The van der Waals surface area contributed by atoms with Crippen LogP contribution in [0.2, 0.25) is 0 Å². The largest absolute Gasteiger partial charge is 0.522 e. The molecule has 4 heteroatoms. The molecular formula is C9H8F3O. The summed E-state index contributed by atoms with van der Waals surface area (Å²) < 4.78 is 38.0. The maximum absolute atomic E-state index is 11.5. The standard InChI is InChI=1S/C9H8F3O/c10-9(11,12)13-7-6-8-4-2-1-3-5-8/h1-5,7H,6H2. The second-order valence-electron chi connectivity index (χ2n) is 2.42. The maximum Gasteiger partial charge on any atom is 0.522 e. The summed E-state index contributed by atoms with van der Waals surface area (Å²) >= 11 is 0. The Morgan fingerprint density at radius 3 is 2.31 bits per heavy atom. The van der Waals surface area contributed by atoms with Crippen molar-refractivity contribution < 1.29 is 17.9 Å². The Bertz CT molecular complexity index is 243. The van der Waals surface area contributed by atoms with E-state index in [1.165, 1.54) is 0 Å². The highest BCUT2D eigenvalue weighted by molar-refractivity contribution is 5.15. The van der Waals surface area contributed by atoms with Gasteiger partial charge in [0.15, 0.2) is 0 Å². The van der Waals surface area contributed by atoms with Crippen molar-refractivity contribution in [2.75, 3.05) is 0 Å². The zero-order chi connectivity index (χ0) is 9.73. The lowest BCUT2D eigenvalue weighted by molar-refractivity contribution is -0.309. The number of rotatable bonds is 3. The first-order valence-corrected chi connectivity index (χ1v) is 3.68. The summed E-state index contributed by atoms with van der Waals surface area (Å²) in [6, 6.07) is 8.79. The number of hydrogen-bond donors (Lipinski definition) is 0. The van der Waals surface area contributed by atoms with Crippen LogP contribution in [0.1, 0.15) is 5.56 Å². The summed E-state index contributed by atoms with van der Waals surface area (Å²) in [5, 5.41) is 0. The monoisotopic (exact) mass is 189 g/mol. The van der Waals surface area contributed by atoms with E-state index in [1.807, 2.05) is 0 Å². The molecule has 0 spiro atoms. The van der Waals surface area contributed by atoms with Crippen molar-refractivity contribution in [3.63, 3.8) is 0 Å². The Balaban J connectivity index is 2.29. The van der Waals surface area contributed by atoms with Crippen LogP contribution in [0.15, 0.2) is 30.3 Å². The lowest BCUT2D eigenvalue weighted by Crippen LogP contribution is -2.11. The highest BCUT2D eigenvalue weighted by Crippen LogP contribution is 2.18. The first-order valence-electron chi connectivity index (χ1n) is 3.68. The summed E-state index contributed by atoms with van der Waals surface area (Å²) in [5.74, 6) is 0. The summed E-state index contributed by atoms with van der Waals surface area (Å²) in [5.41, 5.74) is 0.784. The Hall–Kier alpha value is -1.03. The van der Waals surface area contributed by atoms with Crippen molar-refractivity contribution in [1.29, 1.82) is 0 Å². The van der Waals surface area contributed by atoms with Gasteiger partial charge >= 0.3 is 6.36 Å². The van der Waals surface area contributed by atoms with Gasteiger partial charge in [-0.1, -0.05) is 30.3 Å². The van der Waals surface area contributed by atoms with Crippen molar-refractivity contribution in [2.45, 2.75) is 12.8 Å². The van der Waals surface area contributed by atoms with Crippen molar-refractivity contribution >= 4 is 0 Å². The van der Waals surface area contributed by atoms with Gasteiger partial charge in [-0.05, 0) is 5.56 Å². The van der Waals surface area contributed by atoms with E-state index < -0.39 is 6.36 Å². The van der Waals surface area contributed by atoms with Gasteiger partial charge in [0.05, 0.1) is 6.61 Å². The Morgan fingerprint density at radius 1 is 1.15 bits per heavy atom. The average molecular weight is 189 g/mol. The fourth-order valence-corrected chi connectivity index (χ4v) is 0.846. The minimum absolute atomic E-state index is 0.153. The molecule has 0 aliphatic heterocycles. The van der Waals surface area contributed by atoms with E-state index in [2.05, 4.69) is 4.74 Å². The van der Waals surface area contributed by atoms with Crippen LogP contribution >= 0.6 is 0 Å². The molecule has 0 atom stereocenters. The Kier molecular flexibility index (Phi) is 3.31. The van der Waals surface area contributed by atoms with Crippen LogP contribution in [0.25, 0.3) is 0 Å². The molecule has 0 aliphatic rings. The SMILES string of the molecule is FC(F)(F)O[CH]Cc1ccccc1. The van der Waals surface area contributed by atoms with Crippen LogP contribution in [0.3, 0.4) is 0 Å². The molecule has 71 valence electrons. The number of halogens is 3. The van der Waals surface area contributed by atoms with Crippen LogP contribution < -0.4 is 0 Å². The minimum Gasteiger partial charge on any atom is -0.285 e. The summed E-state index contributed by atoms with van der Waals surface area (Å²) in [4.78, 5) is 0. The second-order valence-corrected chi connectivity index (χ2v) is 2.42. The topological polar surface area (TPSA) is 9.23 Å². The number of ether oxygens (including phenoxy) is 1. The van der Waals surface area contributed by atoms with Crippen LogP contribution in [-0.4, -0.2) is 6.36 Å². The molecule has 0 N–H and O–H groups in total. The number of hydrogen-bond acceptors (Lipinski definition) is 1. The van der Waals surface area contributed by atoms with E-state index in [0.29, 0.717) is 0 Å². The number of benzene rings is 1. The summed E-state index contributed by atoms with van der Waals surface area (Å²) in [6.07, 6.45) is -4.42. The van der Waals surface area contributed by atoms with Gasteiger partial charge in [0.1, 0.15) is 0 Å². The predicted molar refractivity (Wildman–Crippen MR) is 41.6 cm³/mol. The Morgan fingerprint density at radius 2 is 1.77 bits per heavy atom. The van der Waals surface area contributed by atoms with Crippen LogP contribution in [-0.2, 0) is 11.2 Å². The van der Waals surface area contributed by atoms with E-state index in [9.17, 15) is 13.2 Å². The highest BCUT2D eigenvalue weighted by atomic mass is 19.4. The van der Waals surface area contributed by atoms with Gasteiger partial charge in [-0.25, -0.2) is 0 Å². The summed E-state index contributed by atoms with van der Waals surface area (Å²) in [7, 11) is 0. The van der Waals surface area contributed by atoms with Gasteiger partial charge in [0.25, 0.3) is 0 Å². The van der Waals surface area contributed by atoms with E-state index in [0.717, 1.165) is 12.2 Å². The summed E-state index contributed by atoms with van der Waals surface area (Å²) in [6.45, 7) is 0.745. The first-order chi connectivity index (χ1) is 6.08. The molecule has 0 heterocycles. The fraction of sp³-hybridized carbons (Fsp3) is 0.222. The van der Waals surface area contributed by atoms with Crippen LogP contribution in [0.4, 0.5) is 13.2 Å². The van der Waals surface area contributed by atoms with Gasteiger partial charge in [-0.3, -0.25) is 4.74 Å².